The molecular formula is C27H26N2O4. The number of hydrogen-bond donors (Lipinski definition) is 1. The highest BCUT2D eigenvalue weighted by Crippen LogP contribution is 2.35. The van der Waals surface area contributed by atoms with Crippen molar-refractivity contribution in [3.8, 4) is 17.2 Å². The average Bonchev–Trinajstić information content (AvgIpc) is 3.42. The zero-order valence-corrected chi connectivity index (χ0v) is 18.5. The number of carbonyl (C=O) groups is 1. The van der Waals surface area contributed by atoms with E-state index in [1.54, 1.807) is 19.4 Å². The fraction of sp³-hybridized carbons (Fsp3) is 0.259. The van der Waals surface area contributed by atoms with Crippen LogP contribution in [0.3, 0.4) is 0 Å². The number of pyridine rings is 1. The summed E-state index contributed by atoms with van der Waals surface area (Å²) in [5.41, 5.74) is 2.98. The molecule has 33 heavy (non-hydrogen) atoms. The number of nitrogens with one attached hydrogen (secondary N) is 1. The van der Waals surface area contributed by atoms with Crippen LogP contribution in [0.2, 0.25) is 0 Å². The fourth-order valence-corrected chi connectivity index (χ4v) is 4.53. The Morgan fingerprint density at radius 3 is 2.58 bits per heavy atom. The third-order valence-corrected chi connectivity index (χ3v) is 6.47. The quantitative estimate of drug-likeness (QED) is 0.456. The molecule has 0 atom stereocenters. The van der Waals surface area contributed by atoms with Crippen LogP contribution in [-0.2, 0) is 10.2 Å². The molecule has 2 aromatic carbocycles. The summed E-state index contributed by atoms with van der Waals surface area (Å²) in [6.45, 7) is 1.86. The first-order valence-electron chi connectivity index (χ1n) is 11.1. The zero-order valence-electron chi connectivity index (χ0n) is 18.5. The van der Waals surface area contributed by atoms with Crippen molar-refractivity contribution in [2.75, 3.05) is 26.9 Å². The Kier molecular flexibility index (Phi) is 5.84. The highest BCUT2D eigenvalue weighted by molar-refractivity contribution is 6.07. The number of methoxy groups -OCH3 is 1. The summed E-state index contributed by atoms with van der Waals surface area (Å²) in [5.74, 6) is 1.33. The molecule has 1 N–H and O–H groups in total. The Morgan fingerprint density at radius 2 is 1.85 bits per heavy atom. The number of fused-ring (bicyclic) bond motifs is 1. The van der Waals surface area contributed by atoms with Crippen molar-refractivity contribution in [2.24, 2.45) is 0 Å². The Bertz CT molecular complexity index is 1240. The van der Waals surface area contributed by atoms with E-state index in [-0.39, 0.29) is 11.3 Å². The molecule has 1 aliphatic rings. The summed E-state index contributed by atoms with van der Waals surface area (Å²) >= 11 is 0. The third kappa shape index (κ3) is 4.22. The molecule has 0 aliphatic carbocycles. The second kappa shape index (κ2) is 9.08. The number of para-hydroxylation sites is 1. The lowest BCUT2D eigenvalue weighted by atomic mass is 9.74. The topological polar surface area (TPSA) is 73.6 Å². The smallest absolute Gasteiger partial charge is 0.252 e. The molecule has 1 amide bonds. The monoisotopic (exact) mass is 442 g/mol. The Balaban J connectivity index is 1.46. The molecule has 4 aromatic rings. The van der Waals surface area contributed by atoms with Crippen LogP contribution in [0.15, 0.2) is 77.4 Å². The van der Waals surface area contributed by atoms with Gasteiger partial charge in [0, 0.05) is 30.6 Å². The van der Waals surface area contributed by atoms with E-state index >= 15 is 0 Å². The molecule has 0 saturated carbocycles. The molecular weight excluding hydrogens is 416 g/mol. The summed E-state index contributed by atoms with van der Waals surface area (Å²) in [6.07, 6.45) is 3.29. The molecule has 6 nitrogen and oxygen atoms in total. The van der Waals surface area contributed by atoms with Crippen molar-refractivity contribution < 1.29 is 18.7 Å². The highest BCUT2D eigenvalue weighted by atomic mass is 16.5. The van der Waals surface area contributed by atoms with Crippen LogP contribution in [0, 0.1) is 0 Å². The lowest BCUT2D eigenvalue weighted by molar-refractivity contribution is 0.0487. The highest BCUT2D eigenvalue weighted by Gasteiger charge is 2.35. The Hall–Kier alpha value is -3.64. The number of aromatic nitrogens is 1. The van der Waals surface area contributed by atoms with Crippen molar-refractivity contribution in [1.29, 1.82) is 0 Å². The van der Waals surface area contributed by atoms with Gasteiger partial charge in [0.05, 0.1) is 24.5 Å². The van der Waals surface area contributed by atoms with Crippen molar-refractivity contribution in [3.05, 3.63) is 84.1 Å². The van der Waals surface area contributed by atoms with Crippen LogP contribution >= 0.6 is 0 Å². The van der Waals surface area contributed by atoms with E-state index in [2.05, 4.69) is 22.4 Å². The molecule has 0 bridgehead atoms. The molecule has 0 unspecified atom stereocenters. The standard InChI is InChI=1S/C27H26N2O4/c1-31-20-10-8-19(9-11-20)27(12-15-32-16-13-27)18-28-26(30)22-17-24(25-7-4-14-33-25)29-23-6-3-2-5-21(22)23/h2-11,14,17H,12-13,15-16,18H2,1H3,(H,28,30). The van der Waals surface area contributed by atoms with Crippen LogP contribution in [-0.4, -0.2) is 37.8 Å². The number of rotatable bonds is 6. The van der Waals surface area contributed by atoms with Crippen LogP contribution < -0.4 is 10.1 Å². The fourth-order valence-electron chi connectivity index (χ4n) is 4.53. The minimum atomic E-state index is -0.188. The van der Waals surface area contributed by atoms with Crippen molar-refractivity contribution in [2.45, 2.75) is 18.3 Å². The van der Waals surface area contributed by atoms with Gasteiger partial charge in [0.25, 0.3) is 5.91 Å². The number of ether oxygens (including phenoxy) is 2. The lowest BCUT2D eigenvalue weighted by Gasteiger charge is -2.38. The van der Waals surface area contributed by atoms with E-state index in [1.165, 1.54) is 5.56 Å². The minimum Gasteiger partial charge on any atom is -0.497 e. The predicted octanol–water partition coefficient (Wildman–Crippen LogP) is 4.98. The summed E-state index contributed by atoms with van der Waals surface area (Å²) in [7, 11) is 1.66. The van der Waals surface area contributed by atoms with Crippen LogP contribution in [0.5, 0.6) is 5.75 Å². The van der Waals surface area contributed by atoms with Gasteiger partial charge in [-0.05, 0) is 54.8 Å². The van der Waals surface area contributed by atoms with Crippen molar-refractivity contribution in [1.82, 2.24) is 10.3 Å². The van der Waals surface area contributed by atoms with Gasteiger partial charge in [-0.3, -0.25) is 4.79 Å². The SMILES string of the molecule is COc1ccc(C2(CNC(=O)c3cc(-c4ccco4)nc4ccccc34)CCOCC2)cc1. The zero-order chi connectivity index (χ0) is 22.7. The van der Waals surface area contributed by atoms with Crippen LogP contribution in [0.4, 0.5) is 0 Å². The molecule has 3 heterocycles. The first-order chi connectivity index (χ1) is 16.2. The van der Waals surface area contributed by atoms with E-state index in [1.807, 2.05) is 48.5 Å². The summed E-state index contributed by atoms with van der Waals surface area (Å²) < 4.78 is 16.5. The minimum absolute atomic E-state index is 0.124. The van der Waals surface area contributed by atoms with E-state index < -0.39 is 0 Å². The van der Waals surface area contributed by atoms with Gasteiger partial charge in [0.1, 0.15) is 11.4 Å². The van der Waals surface area contributed by atoms with Crippen molar-refractivity contribution >= 4 is 16.8 Å². The first kappa shape index (κ1) is 21.2. The number of carbonyl (C=O) groups excluding carboxylic acids is 1. The molecule has 1 saturated heterocycles. The second-order valence-electron chi connectivity index (χ2n) is 8.35. The molecule has 2 aromatic heterocycles. The average molecular weight is 443 g/mol. The second-order valence-corrected chi connectivity index (χ2v) is 8.35. The number of benzene rings is 2. The summed E-state index contributed by atoms with van der Waals surface area (Å²) in [6, 6.07) is 21.3. The van der Waals surface area contributed by atoms with Gasteiger partial charge < -0.3 is 19.2 Å². The van der Waals surface area contributed by atoms with Crippen LogP contribution in [0.1, 0.15) is 28.8 Å². The largest absolute Gasteiger partial charge is 0.497 e. The van der Waals surface area contributed by atoms with E-state index in [9.17, 15) is 4.79 Å². The summed E-state index contributed by atoms with van der Waals surface area (Å²) in [5, 5.41) is 4.03. The Morgan fingerprint density at radius 1 is 1.06 bits per heavy atom. The maximum absolute atomic E-state index is 13.5. The first-order valence-corrected chi connectivity index (χ1v) is 11.1. The van der Waals surface area contributed by atoms with E-state index in [4.69, 9.17) is 13.9 Å². The van der Waals surface area contributed by atoms with Gasteiger partial charge in [0.2, 0.25) is 0 Å². The predicted molar refractivity (Wildman–Crippen MR) is 127 cm³/mol. The van der Waals surface area contributed by atoms with E-state index in [0.717, 1.165) is 29.5 Å². The maximum Gasteiger partial charge on any atom is 0.252 e. The number of furan rings is 1. The van der Waals surface area contributed by atoms with Gasteiger partial charge in [-0.15, -0.1) is 0 Å². The molecule has 168 valence electrons. The van der Waals surface area contributed by atoms with Crippen molar-refractivity contribution in [3.63, 3.8) is 0 Å². The lowest BCUT2D eigenvalue weighted by Crippen LogP contribution is -2.44. The van der Waals surface area contributed by atoms with Gasteiger partial charge >= 0.3 is 0 Å². The van der Waals surface area contributed by atoms with Gasteiger partial charge in [-0.1, -0.05) is 30.3 Å². The Labute approximate surface area is 192 Å². The van der Waals surface area contributed by atoms with Gasteiger partial charge in [-0.25, -0.2) is 4.98 Å². The molecule has 0 spiro atoms. The molecule has 6 heteroatoms. The molecule has 0 radical (unpaired) electrons. The number of amides is 1. The number of hydrogen-bond acceptors (Lipinski definition) is 5. The third-order valence-electron chi connectivity index (χ3n) is 6.47. The molecule has 5 rings (SSSR count). The van der Waals surface area contributed by atoms with E-state index in [0.29, 0.717) is 36.8 Å². The molecule has 1 fully saturated rings. The number of nitrogens with zero attached hydrogens (tertiary/aromatic N) is 1. The van der Waals surface area contributed by atoms with Gasteiger partial charge in [0.15, 0.2) is 5.76 Å². The molecule has 1 aliphatic heterocycles. The van der Waals surface area contributed by atoms with Crippen LogP contribution in [0.25, 0.3) is 22.4 Å². The maximum atomic E-state index is 13.5. The summed E-state index contributed by atoms with van der Waals surface area (Å²) in [4.78, 5) is 18.2. The normalized spacial score (nSPS) is 15.3. The van der Waals surface area contributed by atoms with Gasteiger partial charge in [-0.2, -0.15) is 0 Å².